The van der Waals surface area contributed by atoms with Crippen LogP contribution in [0.2, 0.25) is 0 Å². The first-order chi connectivity index (χ1) is 9.09. The fourth-order valence-corrected chi connectivity index (χ4v) is 2.57. The van der Waals surface area contributed by atoms with Crippen LogP contribution in [0.25, 0.3) is 0 Å². The summed E-state index contributed by atoms with van der Waals surface area (Å²) in [6.45, 7) is 4.07. The summed E-state index contributed by atoms with van der Waals surface area (Å²) in [6.07, 6.45) is 3.06. The highest BCUT2D eigenvalue weighted by molar-refractivity contribution is 5.83. The zero-order valence-corrected chi connectivity index (χ0v) is 11.6. The average Bonchev–Trinajstić information content (AvgIpc) is 2.84. The van der Waals surface area contributed by atoms with Gasteiger partial charge in [-0.2, -0.15) is 0 Å². The van der Waals surface area contributed by atoms with Gasteiger partial charge in [-0.05, 0) is 25.8 Å². The summed E-state index contributed by atoms with van der Waals surface area (Å²) in [6, 6.07) is 1.90. The van der Waals surface area contributed by atoms with Crippen molar-refractivity contribution >= 4 is 5.91 Å². The maximum Gasteiger partial charge on any atom is 0.230 e. The Balaban J connectivity index is 2.07. The molecule has 5 heteroatoms. The van der Waals surface area contributed by atoms with Gasteiger partial charge in [-0.25, -0.2) is 0 Å². The highest BCUT2D eigenvalue weighted by atomic mass is 16.5. The van der Waals surface area contributed by atoms with Crippen LogP contribution < -0.4 is 5.73 Å². The van der Waals surface area contributed by atoms with Gasteiger partial charge in [0, 0.05) is 38.9 Å². The Hall–Kier alpha value is -1.33. The van der Waals surface area contributed by atoms with E-state index in [-0.39, 0.29) is 5.91 Å². The fourth-order valence-electron chi connectivity index (χ4n) is 2.57. The third kappa shape index (κ3) is 2.82. The van der Waals surface area contributed by atoms with Crippen LogP contribution in [0.5, 0.6) is 0 Å². The van der Waals surface area contributed by atoms with Crippen LogP contribution in [0.4, 0.5) is 0 Å². The lowest BCUT2D eigenvalue weighted by molar-refractivity contribution is -0.146. The van der Waals surface area contributed by atoms with Crippen LogP contribution in [0.3, 0.4) is 0 Å². The number of rotatable bonds is 4. The Labute approximate surface area is 113 Å². The minimum Gasteiger partial charge on any atom is -0.469 e. The average molecular weight is 266 g/mol. The second kappa shape index (κ2) is 5.75. The van der Waals surface area contributed by atoms with Crippen molar-refractivity contribution in [2.45, 2.75) is 26.3 Å². The van der Waals surface area contributed by atoms with E-state index in [1.807, 2.05) is 20.0 Å². The Morgan fingerprint density at radius 1 is 1.47 bits per heavy atom. The molecule has 1 aliphatic rings. The molecule has 1 amide bonds. The van der Waals surface area contributed by atoms with Crippen LogP contribution in [0, 0.1) is 12.3 Å². The molecule has 2 N–H and O–H groups in total. The zero-order valence-electron chi connectivity index (χ0n) is 11.6. The lowest BCUT2D eigenvalue weighted by Crippen LogP contribution is -2.49. The van der Waals surface area contributed by atoms with Crippen molar-refractivity contribution in [3.8, 4) is 0 Å². The van der Waals surface area contributed by atoms with Crippen molar-refractivity contribution in [2.75, 3.05) is 26.8 Å². The van der Waals surface area contributed by atoms with Crippen molar-refractivity contribution < 1.29 is 13.9 Å². The molecule has 106 valence electrons. The molecule has 0 spiro atoms. The van der Waals surface area contributed by atoms with Crippen molar-refractivity contribution in [2.24, 2.45) is 11.1 Å². The van der Waals surface area contributed by atoms with E-state index in [1.54, 1.807) is 11.2 Å². The highest BCUT2D eigenvalue weighted by Crippen LogP contribution is 2.31. The van der Waals surface area contributed by atoms with Gasteiger partial charge in [0.25, 0.3) is 0 Å². The van der Waals surface area contributed by atoms with Crippen molar-refractivity contribution in [3.05, 3.63) is 23.7 Å². The summed E-state index contributed by atoms with van der Waals surface area (Å²) in [5.41, 5.74) is 6.44. The van der Waals surface area contributed by atoms with E-state index in [9.17, 15) is 4.79 Å². The van der Waals surface area contributed by atoms with Gasteiger partial charge < -0.3 is 19.8 Å². The Bertz CT molecular complexity index is 436. The van der Waals surface area contributed by atoms with E-state index in [0.29, 0.717) is 39.1 Å². The second-order valence-electron chi connectivity index (χ2n) is 5.26. The van der Waals surface area contributed by atoms with Crippen LogP contribution >= 0.6 is 0 Å². The summed E-state index contributed by atoms with van der Waals surface area (Å²) in [4.78, 5) is 14.4. The van der Waals surface area contributed by atoms with Crippen molar-refractivity contribution in [1.82, 2.24) is 4.90 Å². The number of ether oxygens (including phenoxy) is 1. The predicted octanol–water partition coefficient (Wildman–Crippen LogP) is 1.30. The summed E-state index contributed by atoms with van der Waals surface area (Å²) in [5, 5.41) is 0. The summed E-state index contributed by atoms with van der Waals surface area (Å²) in [7, 11) is 1.82. The standard InChI is InChI=1S/C14H22N2O3/c1-11-12(3-6-19-11)9-16(2)13(17)14(10-15)4-7-18-8-5-14/h3,6H,4-5,7-10,15H2,1-2H3. The monoisotopic (exact) mass is 266 g/mol. The van der Waals surface area contributed by atoms with Gasteiger partial charge in [0.05, 0.1) is 11.7 Å². The van der Waals surface area contributed by atoms with Gasteiger partial charge in [-0.3, -0.25) is 4.79 Å². The molecule has 1 saturated heterocycles. The number of nitrogens with two attached hydrogens (primary N) is 1. The van der Waals surface area contributed by atoms with E-state index in [4.69, 9.17) is 14.9 Å². The SMILES string of the molecule is Cc1occc1CN(C)C(=O)C1(CN)CCOCC1. The van der Waals surface area contributed by atoms with Crippen molar-refractivity contribution in [1.29, 1.82) is 0 Å². The Kier molecular flexibility index (Phi) is 4.27. The third-order valence-electron chi connectivity index (χ3n) is 4.01. The van der Waals surface area contributed by atoms with Crippen molar-refractivity contribution in [3.63, 3.8) is 0 Å². The van der Waals surface area contributed by atoms with E-state index < -0.39 is 5.41 Å². The number of carbonyl (C=O) groups is 1. The highest BCUT2D eigenvalue weighted by Gasteiger charge is 2.40. The van der Waals surface area contributed by atoms with Crippen LogP contribution in [0.15, 0.2) is 16.7 Å². The topological polar surface area (TPSA) is 68.7 Å². The summed E-state index contributed by atoms with van der Waals surface area (Å²) < 4.78 is 10.6. The van der Waals surface area contributed by atoms with Crippen LogP contribution in [0.1, 0.15) is 24.2 Å². The molecular formula is C14H22N2O3. The first kappa shape index (κ1) is 14.1. The molecule has 19 heavy (non-hydrogen) atoms. The largest absolute Gasteiger partial charge is 0.469 e. The van der Waals surface area contributed by atoms with Gasteiger partial charge in [0.15, 0.2) is 0 Å². The maximum atomic E-state index is 12.6. The molecule has 2 heterocycles. The van der Waals surface area contributed by atoms with Gasteiger partial charge in [0.2, 0.25) is 5.91 Å². The molecule has 0 bridgehead atoms. The van der Waals surface area contributed by atoms with Gasteiger partial charge >= 0.3 is 0 Å². The molecule has 2 rings (SSSR count). The molecule has 1 aromatic heterocycles. The number of hydrogen-bond donors (Lipinski definition) is 1. The number of aryl methyl sites for hydroxylation is 1. The molecule has 0 aliphatic carbocycles. The molecule has 0 radical (unpaired) electrons. The first-order valence-electron chi connectivity index (χ1n) is 6.65. The lowest BCUT2D eigenvalue weighted by atomic mass is 9.79. The van der Waals surface area contributed by atoms with E-state index in [1.165, 1.54) is 0 Å². The minimum absolute atomic E-state index is 0.110. The molecular weight excluding hydrogens is 244 g/mol. The van der Waals surface area contributed by atoms with E-state index >= 15 is 0 Å². The molecule has 0 saturated carbocycles. The van der Waals surface area contributed by atoms with Gasteiger partial charge in [0.1, 0.15) is 5.76 Å². The van der Waals surface area contributed by atoms with Crippen LogP contribution in [-0.4, -0.2) is 37.6 Å². The summed E-state index contributed by atoms with van der Waals surface area (Å²) >= 11 is 0. The minimum atomic E-state index is -0.454. The maximum absolute atomic E-state index is 12.6. The van der Waals surface area contributed by atoms with Gasteiger partial charge in [-0.1, -0.05) is 0 Å². The Morgan fingerprint density at radius 3 is 2.68 bits per heavy atom. The Morgan fingerprint density at radius 2 is 2.16 bits per heavy atom. The number of carbonyl (C=O) groups excluding carboxylic acids is 1. The smallest absolute Gasteiger partial charge is 0.230 e. The van der Waals surface area contributed by atoms with Crippen LogP contribution in [-0.2, 0) is 16.1 Å². The number of hydrogen-bond acceptors (Lipinski definition) is 4. The molecule has 1 fully saturated rings. The number of furan rings is 1. The zero-order chi connectivity index (χ0) is 13.9. The number of nitrogens with zero attached hydrogens (tertiary/aromatic N) is 1. The van der Waals surface area contributed by atoms with E-state index in [2.05, 4.69) is 0 Å². The third-order valence-corrected chi connectivity index (χ3v) is 4.01. The van der Waals surface area contributed by atoms with E-state index in [0.717, 1.165) is 11.3 Å². The number of amides is 1. The predicted molar refractivity (Wildman–Crippen MR) is 71.5 cm³/mol. The first-order valence-corrected chi connectivity index (χ1v) is 6.65. The fraction of sp³-hybridized carbons (Fsp3) is 0.643. The van der Waals surface area contributed by atoms with Gasteiger partial charge in [-0.15, -0.1) is 0 Å². The molecule has 1 aliphatic heterocycles. The molecule has 5 nitrogen and oxygen atoms in total. The molecule has 0 atom stereocenters. The lowest BCUT2D eigenvalue weighted by Gasteiger charge is -2.37. The molecule has 1 aromatic rings. The summed E-state index contributed by atoms with van der Waals surface area (Å²) in [5.74, 6) is 0.965. The molecule has 0 aromatic carbocycles. The normalized spacial score (nSPS) is 18.3. The molecule has 0 unspecified atom stereocenters. The quantitative estimate of drug-likeness (QED) is 0.892. The second-order valence-corrected chi connectivity index (χ2v) is 5.26.